The first-order valence-electron chi connectivity index (χ1n) is 5.02. The van der Waals surface area contributed by atoms with Crippen molar-refractivity contribution in [2.45, 2.75) is 25.9 Å². The molecule has 1 aromatic rings. The van der Waals surface area contributed by atoms with Gasteiger partial charge in [0.25, 0.3) is 0 Å². The second-order valence-corrected chi connectivity index (χ2v) is 11.5. The van der Waals surface area contributed by atoms with Crippen LogP contribution < -0.4 is 5.30 Å². The van der Waals surface area contributed by atoms with Gasteiger partial charge < -0.3 is 0 Å². The predicted molar refractivity (Wildman–Crippen MR) is 76.3 cm³/mol. The van der Waals surface area contributed by atoms with Crippen LogP contribution in [-0.2, 0) is 0 Å². The van der Waals surface area contributed by atoms with Gasteiger partial charge in [-0.05, 0) is 0 Å². The fourth-order valence-corrected chi connectivity index (χ4v) is 5.15. The van der Waals surface area contributed by atoms with E-state index in [-0.39, 0.29) is 0 Å². The molecule has 0 saturated carbocycles. The molecule has 0 spiro atoms. The standard InChI is InChI=1S/C11H19BBrP/c1-11(2,3)14(4,12)10-8-6-5-7-9(10)13/h5-8,14H,12H2,1-4H3. The summed E-state index contributed by atoms with van der Waals surface area (Å²) < 4.78 is 1.27. The van der Waals surface area contributed by atoms with Crippen molar-refractivity contribution >= 4 is 35.9 Å². The summed E-state index contributed by atoms with van der Waals surface area (Å²) in [5.74, 6) is 0. The Morgan fingerprint density at radius 2 is 1.71 bits per heavy atom. The van der Waals surface area contributed by atoms with Crippen LogP contribution in [0.15, 0.2) is 28.7 Å². The first-order chi connectivity index (χ1) is 6.27. The molecule has 0 nitrogen and oxygen atoms in total. The summed E-state index contributed by atoms with van der Waals surface area (Å²) in [6, 6.07) is 8.64. The summed E-state index contributed by atoms with van der Waals surface area (Å²) in [4.78, 5) is 0. The zero-order chi connectivity index (χ0) is 11.0. The van der Waals surface area contributed by atoms with E-state index in [1.807, 2.05) is 0 Å². The average Bonchev–Trinajstić information content (AvgIpc) is 2.02. The van der Waals surface area contributed by atoms with E-state index in [4.69, 9.17) is 0 Å². The molecule has 0 N–H and O–H groups in total. The van der Waals surface area contributed by atoms with Gasteiger partial charge in [-0.3, -0.25) is 0 Å². The Morgan fingerprint density at radius 3 is 2.14 bits per heavy atom. The third kappa shape index (κ3) is 2.23. The van der Waals surface area contributed by atoms with Crippen LogP contribution in [0.1, 0.15) is 20.8 Å². The van der Waals surface area contributed by atoms with Crippen LogP contribution in [0.2, 0.25) is 0 Å². The van der Waals surface area contributed by atoms with Crippen LogP contribution in [0.3, 0.4) is 0 Å². The molecule has 78 valence electrons. The number of hydrogen-bond donors (Lipinski definition) is 0. The van der Waals surface area contributed by atoms with Gasteiger partial charge >= 0.3 is 97.3 Å². The van der Waals surface area contributed by atoms with Gasteiger partial charge in [-0.1, -0.05) is 0 Å². The molecule has 0 atom stereocenters. The molecule has 14 heavy (non-hydrogen) atoms. The molecular formula is C11H19BBrP. The van der Waals surface area contributed by atoms with E-state index in [1.165, 1.54) is 9.78 Å². The van der Waals surface area contributed by atoms with Gasteiger partial charge in [-0.15, -0.1) is 0 Å². The van der Waals surface area contributed by atoms with E-state index in [0.717, 1.165) is 0 Å². The number of halogens is 1. The summed E-state index contributed by atoms with van der Waals surface area (Å²) in [5.41, 5.74) is 0. The van der Waals surface area contributed by atoms with Crippen molar-refractivity contribution in [3.63, 3.8) is 0 Å². The van der Waals surface area contributed by atoms with Crippen molar-refractivity contribution < 1.29 is 0 Å². The Morgan fingerprint density at radius 1 is 1.21 bits per heavy atom. The van der Waals surface area contributed by atoms with Crippen molar-refractivity contribution in [2.75, 3.05) is 6.66 Å². The normalized spacial score (nSPS) is 14.1. The van der Waals surface area contributed by atoms with E-state index in [1.54, 1.807) is 0 Å². The maximum atomic E-state index is 3.66. The van der Waals surface area contributed by atoms with E-state index in [0.29, 0.717) is 5.16 Å². The zero-order valence-electron chi connectivity index (χ0n) is 9.69. The Bertz CT molecular complexity index is 328. The van der Waals surface area contributed by atoms with Crippen LogP contribution in [0.4, 0.5) is 0 Å². The minimum atomic E-state index is -1.37. The molecule has 0 saturated heterocycles. The molecule has 0 fully saturated rings. The summed E-state index contributed by atoms with van der Waals surface area (Å²) in [6.07, 6.45) is 0. The van der Waals surface area contributed by atoms with Crippen LogP contribution in [0, 0.1) is 0 Å². The van der Waals surface area contributed by atoms with Gasteiger partial charge in [0.2, 0.25) is 0 Å². The summed E-state index contributed by atoms with van der Waals surface area (Å²) in [6.45, 7) is 9.48. The van der Waals surface area contributed by atoms with Gasteiger partial charge in [0.05, 0.1) is 0 Å². The van der Waals surface area contributed by atoms with Crippen LogP contribution >= 0.6 is 23.1 Å². The molecule has 0 unspecified atom stereocenters. The third-order valence-corrected chi connectivity index (χ3v) is 10.0. The number of rotatable bonds is 1. The van der Waals surface area contributed by atoms with E-state index < -0.39 is 7.14 Å². The van der Waals surface area contributed by atoms with E-state index in [2.05, 4.69) is 75.2 Å². The molecule has 1 aromatic carbocycles. The third-order valence-electron chi connectivity index (χ3n) is 3.42. The molecule has 3 heteroatoms. The number of benzene rings is 1. The maximum absolute atomic E-state index is 3.66. The van der Waals surface area contributed by atoms with Crippen LogP contribution in [0.25, 0.3) is 0 Å². The first-order valence-corrected chi connectivity index (χ1v) is 8.81. The molecule has 0 aliphatic heterocycles. The van der Waals surface area contributed by atoms with Crippen molar-refractivity contribution in [1.29, 1.82) is 0 Å². The fourth-order valence-electron chi connectivity index (χ4n) is 1.37. The fraction of sp³-hybridized carbons (Fsp3) is 0.455. The molecule has 0 aliphatic carbocycles. The van der Waals surface area contributed by atoms with Gasteiger partial charge in [-0.2, -0.15) is 0 Å². The second kappa shape index (κ2) is 3.98. The Balaban J connectivity index is 3.23. The molecule has 0 aromatic heterocycles. The monoisotopic (exact) mass is 272 g/mol. The summed E-state index contributed by atoms with van der Waals surface area (Å²) in [7, 11) is 1.07. The van der Waals surface area contributed by atoms with Crippen molar-refractivity contribution in [2.24, 2.45) is 0 Å². The number of hydrogen-bond acceptors (Lipinski definition) is 0. The molecule has 0 bridgehead atoms. The second-order valence-electron chi connectivity index (χ2n) is 5.35. The van der Waals surface area contributed by atoms with Gasteiger partial charge in [0.1, 0.15) is 0 Å². The van der Waals surface area contributed by atoms with Crippen LogP contribution in [-0.4, -0.2) is 19.4 Å². The molecule has 1 rings (SSSR count). The first kappa shape index (κ1) is 12.3. The SMILES string of the molecule is B[PH](C)(c1ccccc1Br)C(C)(C)C. The van der Waals surface area contributed by atoms with Crippen molar-refractivity contribution in [1.82, 2.24) is 0 Å². The van der Waals surface area contributed by atoms with Gasteiger partial charge in [0, 0.05) is 0 Å². The van der Waals surface area contributed by atoms with E-state index in [9.17, 15) is 0 Å². The Labute approximate surface area is 97.3 Å². The zero-order valence-corrected chi connectivity index (χ0v) is 12.3. The molecule has 0 aliphatic rings. The Kier molecular flexibility index (Phi) is 3.49. The topological polar surface area (TPSA) is 0 Å². The van der Waals surface area contributed by atoms with Crippen LogP contribution in [0.5, 0.6) is 0 Å². The molecule has 0 radical (unpaired) electrons. The quantitative estimate of drug-likeness (QED) is 0.545. The van der Waals surface area contributed by atoms with Crippen molar-refractivity contribution in [3.05, 3.63) is 28.7 Å². The molecular weight excluding hydrogens is 254 g/mol. The van der Waals surface area contributed by atoms with Gasteiger partial charge in [0.15, 0.2) is 0 Å². The predicted octanol–water partition coefficient (Wildman–Crippen LogP) is 2.80. The Hall–Kier alpha value is 0.195. The average molecular weight is 273 g/mol. The summed E-state index contributed by atoms with van der Waals surface area (Å²) >= 11 is 3.66. The molecule has 0 amide bonds. The van der Waals surface area contributed by atoms with Gasteiger partial charge in [-0.25, -0.2) is 0 Å². The van der Waals surface area contributed by atoms with Crippen molar-refractivity contribution in [3.8, 4) is 0 Å². The van der Waals surface area contributed by atoms with E-state index >= 15 is 0 Å². The minimum absolute atomic E-state index is 0.400. The summed E-state index contributed by atoms with van der Waals surface area (Å²) in [5, 5.41) is 1.92. The molecule has 0 heterocycles.